The van der Waals surface area contributed by atoms with Gasteiger partial charge >= 0.3 is 7.82 Å². The van der Waals surface area contributed by atoms with Crippen LogP contribution in [-0.4, -0.2) is 348 Å². The first kappa shape index (κ1) is 112. The molecule has 7 amide bonds. The van der Waals surface area contributed by atoms with Gasteiger partial charge in [-0.3, -0.25) is 61.8 Å². The molecule has 41 nitrogen and oxygen atoms in total. The van der Waals surface area contributed by atoms with Crippen LogP contribution in [0.2, 0.25) is 0 Å². The lowest BCUT2D eigenvalue weighted by Crippen LogP contribution is -2.64. The molecule has 17 N–H and O–H groups in total. The number of phosphoric acid groups is 1. The Labute approximate surface area is 732 Å². The van der Waals surface area contributed by atoms with Crippen molar-refractivity contribution in [3.05, 3.63) is 0 Å². The number of carbonyl (C=O) groups is 11. The molecule has 4 aliphatic heterocycles. The van der Waals surface area contributed by atoms with E-state index in [0.717, 1.165) is 39.2 Å². The molecule has 0 bridgehead atoms. The van der Waals surface area contributed by atoms with Crippen molar-refractivity contribution < 1.29 is 165 Å². The number of likely N-dealkylation sites (tertiary alicyclic amines) is 1. The third kappa shape index (κ3) is 45.6. The van der Waals surface area contributed by atoms with Crippen LogP contribution in [0.3, 0.4) is 0 Å². The number of ether oxygens (including phenoxy) is 9. The molecule has 4 fully saturated rings. The number of hydrogen-bond acceptors (Lipinski definition) is 33. The third-order valence-electron chi connectivity index (χ3n) is 21.9. The van der Waals surface area contributed by atoms with Crippen LogP contribution in [0.25, 0.3) is 0 Å². The second-order valence-electron chi connectivity index (χ2n) is 32.7. The number of ketones is 4. The minimum absolute atomic E-state index is 0.00933. The van der Waals surface area contributed by atoms with Gasteiger partial charge in [-0.1, -0.05) is 51.4 Å². The maximum atomic E-state index is 14.1. The predicted octanol–water partition coefficient (Wildman–Crippen LogP) is -0.121. The fourth-order valence-electron chi connectivity index (χ4n) is 14.8. The van der Waals surface area contributed by atoms with Crippen LogP contribution >= 0.6 is 7.82 Å². The summed E-state index contributed by atoms with van der Waals surface area (Å²) in [4.78, 5) is 152. The van der Waals surface area contributed by atoms with Gasteiger partial charge in [0.2, 0.25) is 41.4 Å². The molecule has 18 atom stereocenters. The molecular formula is C83H146N7O34P. The number of carbonyl (C=O) groups excluding carboxylic acids is 11. The minimum Gasteiger partial charge on any atom is -0.394 e. The maximum absolute atomic E-state index is 14.1. The highest BCUT2D eigenvalue weighted by molar-refractivity contribution is 7.47. The molecule has 4 heterocycles. The average molecular weight is 1820 g/mol. The van der Waals surface area contributed by atoms with Crippen LogP contribution < -0.4 is 31.9 Å². The molecule has 4 saturated heterocycles. The van der Waals surface area contributed by atoms with Gasteiger partial charge in [0, 0.05) is 144 Å². The summed E-state index contributed by atoms with van der Waals surface area (Å²) in [5.74, 6) is -2.82. The van der Waals surface area contributed by atoms with Crippen molar-refractivity contribution in [2.75, 3.05) is 113 Å². The zero-order valence-corrected chi connectivity index (χ0v) is 74.3. The van der Waals surface area contributed by atoms with E-state index in [1.54, 1.807) is 0 Å². The SMILES string of the molecule is COP(=O)(O)OCC1CC(O)CN1C(=O)CCCCCCCCCCC(=O)NC(COCCC(=O)CCCCCC(=O)CCCCOC1OC(CO)C(O)C(O)C1NC(C)=O)(COCCC(=O)CCCCCC(=O)CCCCOC1OC(CO)C(O)C(O)C1NC(C)=O)COCCC(=O)NCCCNC(=O)CCCCOC1OC(CO)C(O)C(O)C1NC(C)=O. The summed E-state index contributed by atoms with van der Waals surface area (Å²) in [5.41, 5.74) is -1.40. The van der Waals surface area contributed by atoms with E-state index in [0.29, 0.717) is 116 Å². The van der Waals surface area contributed by atoms with Crippen molar-refractivity contribution in [1.82, 2.24) is 36.8 Å². The third-order valence-corrected chi connectivity index (χ3v) is 22.8. The molecule has 0 radical (unpaired) electrons. The van der Waals surface area contributed by atoms with Gasteiger partial charge in [-0.05, 0) is 89.9 Å². The number of β-amino-alcohol motifs (C(OH)–C–C–N with tert-alkyl or cyclic N) is 1. The number of phosphoric ester groups is 1. The lowest BCUT2D eigenvalue weighted by molar-refractivity contribution is -0.270. The largest absolute Gasteiger partial charge is 0.471 e. The number of rotatable bonds is 71. The lowest BCUT2D eigenvalue weighted by atomic mass is 9.97. The van der Waals surface area contributed by atoms with Gasteiger partial charge in [0.05, 0.1) is 78.2 Å². The molecule has 0 aromatic heterocycles. The predicted molar refractivity (Wildman–Crippen MR) is 445 cm³/mol. The first-order chi connectivity index (χ1) is 59.8. The molecule has 0 aromatic carbocycles. The fourth-order valence-corrected chi connectivity index (χ4v) is 15.3. The Balaban J connectivity index is 1.31. The number of aliphatic hydroxyl groups excluding tert-OH is 10. The maximum Gasteiger partial charge on any atom is 0.471 e. The summed E-state index contributed by atoms with van der Waals surface area (Å²) < 4.78 is 73.8. The zero-order valence-electron chi connectivity index (χ0n) is 73.4. The molecule has 0 aromatic rings. The normalized spacial score (nSPS) is 25.4. The van der Waals surface area contributed by atoms with E-state index in [2.05, 4.69) is 36.4 Å². The van der Waals surface area contributed by atoms with Gasteiger partial charge in [0.15, 0.2) is 18.9 Å². The fraction of sp³-hybridized carbons (Fsp3) is 0.867. The first-order valence-electron chi connectivity index (χ1n) is 44.4. The molecule has 0 aliphatic carbocycles. The van der Waals surface area contributed by atoms with Gasteiger partial charge in [0.25, 0.3) is 0 Å². The Bertz CT molecular complexity index is 2960. The Morgan fingerprint density at radius 3 is 1.10 bits per heavy atom. The summed E-state index contributed by atoms with van der Waals surface area (Å²) >= 11 is 0. The Kier molecular flexibility index (Phi) is 56.6. The lowest BCUT2D eigenvalue weighted by Gasteiger charge is -2.42. The molecule has 18 unspecified atom stereocenters. The van der Waals surface area contributed by atoms with E-state index in [9.17, 15) is 113 Å². The molecule has 0 saturated carbocycles. The van der Waals surface area contributed by atoms with Crippen molar-refractivity contribution in [3.63, 3.8) is 0 Å². The van der Waals surface area contributed by atoms with Gasteiger partial charge in [-0.25, -0.2) is 4.57 Å². The van der Waals surface area contributed by atoms with Crippen LogP contribution in [0, 0.1) is 0 Å². The number of aliphatic hydroxyl groups is 10. The number of nitrogens with one attached hydrogen (secondary N) is 6. The first-order valence-corrected chi connectivity index (χ1v) is 45.9. The molecule has 722 valence electrons. The monoisotopic (exact) mass is 1820 g/mol. The second kappa shape index (κ2) is 63.4. The highest BCUT2D eigenvalue weighted by Gasteiger charge is 2.48. The number of unbranched alkanes of at least 4 members (excludes halogenated alkanes) is 14. The zero-order chi connectivity index (χ0) is 92.1. The molecule has 4 aliphatic rings. The molecule has 0 spiro atoms. The summed E-state index contributed by atoms with van der Waals surface area (Å²) in [6.45, 7) is 1.59. The average Bonchev–Trinajstić information content (AvgIpc) is 1.57. The summed E-state index contributed by atoms with van der Waals surface area (Å²) in [6.07, 6.45) is -2.02. The number of nitrogens with zero attached hydrogens (tertiary/aromatic N) is 1. The summed E-state index contributed by atoms with van der Waals surface area (Å²) in [5, 5.41) is 118. The highest BCUT2D eigenvalue weighted by atomic mass is 31.2. The molecular weight excluding hydrogens is 1670 g/mol. The molecule has 125 heavy (non-hydrogen) atoms. The van der Waals surface area contributed by atoms with Gasteiger partial charge in [0.1, 0.15) is 102 Å². The number of hydrogen-bond donors (Lipinski definition) is 17. The van der Waals surface area contributed by atoms with E-state index in [-0.39, 0.29) is 203 Å². The summed E-state index contributed by atoms with van der Waals surface area (Å²) in [6, 6.07) is -3.84. The van der Waals surface area contributed by atoms with Crippen molar-refractivity contribution in [1.29, 1.82) is 0 Å². The van der Waals surface area contributed by atoms with Crippen molar-refractivity contribution in [2.45, 2.75) is 349 Å². The van der Waals surface area contributed by atoms with E-state index in [1.807, 2.05) is 0 Å². The molecule has 4 rings (SSSR count). The highest BCUT2D eigenvalue weighted by Crippen LogP contribution is 2.43. The van der Waals surface area contributed by atoms with Gasteiger partial charge in [-0.2, -0.15) is 0 Å². The van der Waals surface area contributed by atoms with E-state index in [1.165, 1.54) is 25.7 Å². The number of amides is 7. The van der Waals surface area contributed by atoms with Crippen LogP contribution in [0.1, 0.15) is 239 Å². The Morgan fingerprint density at radius 2 is 0.720 bits per heavy atom. The van der Waals surface area contributed by atoms with Gasteiger partial charge in [-0.15, -0.1) is 0 Å². The standard InChI is InChI=1S/C83H146N7O34P/c1-55(94)86-71-77(109)74(106)64(48-91)122-80(71)118-40-22-19-30-59(97)26-13-11-15-28-61(99)35-43-115-52-83(89-69(104)33-17-9-7-5-6-8-10-18-34-70(105)90-47-63(101)46-58(90)51-121-125(112,113)114-4,53-116-44-36-62(100)29-16-12-14-27-60(98)31-20-23-41-119-81-72(87-56(2)95)78(110)75(107)65(49-92)123-81)54-117-45-37-68(103)85-39-25-38-84-67(102)32-21-24-42-120-82-73(88-57(3)96)79(111)76(108)66(50-93)124-82/h58,63-66,71-82,91-93,101,106-111H,5-54H2,1-4H3,(H,84,102)(H,85,103)(H,86,94)(H,87,95)(H,88,96)(H,89,104)(H,112,113). The minimum atomic E-state index is -4.27. The van der Waals surface area contributed by atoms with Crippen molar-refractivity contribution >= 4 is 72.3 Å². The topological polar surface area (TPSA) is 604 Å². The Hall–Kier alpha value is -5.68. The van der Waals surface area contributed by atoms with Crippen molar-refractivity contribution in [2.24, 2.45) is 0 Å². The van der Waals surface area contributed by atoms with Crippen LogP contribution in [0.15, 0.2) is 0 Å². The van der Waals surface area contributed by atoms with Crippen LogP contribution in [0.4, 0.5) is 0 Å². The van der Waals surface area contributed by atoms with Crippen LogP contribution in [-0.2, 0) is 109 Å². The molecule has 42 heteroatoms. The van der Waals surface area contributed by atoms with Gasteiger partial charge < -0.3 is 135 Å². The summed E-state index contributed by atoms with van der Waals surface area (Å²) in [7, 11) is -3.24. The van der Waals surface area contributed by atoms with E-state index >= 15 is 0 Å². The second-order valence-corrected chi connectivity index (χ2v) is 34.3. The Morgan fingerprint density at radius 1 is 0.400 bits per heavy atom. The van der Waals surface area contributed by atoms with E-state index < -0.39 is 155 Å². The van der Waals surface area contributed by atoms with Crippen LogP contribution in [0.5, 0.6) is 0 Å². The van der Waals surface area contributed by atoms with E-state index in [4.69, 9.17) is 47.2 Å². The quantitative estimate of drug-likeness (QED) is 0.0279. The smallest absolute Gasteiger partial charge is 0.394 e. The number of Topliss-reactive ketones (excluding diaryl/α,β-unsaturated/α-hetero) is 4. The van der Waals surface area contributed by atoms with Crippen molar-refractivity contribution in [3.8, 4) is 0 Å².